The molecular formula is C12H17BrN2OS. The van der Waals surface area contributed by atoms with Gasteiger partial charge in [0.15, 0.2) is 0 Å². The molecule has 5 heteroatoms. The number of hydrogen-bond donors (Lipinski definition) is 0. The maximum absolute atomic E-state index is 11.8. The Hall–Kier alpha value is -0.420. The molecule has 3 nitrogen and oxygen atoms in total. The van der Waals surface area contributed by atoms with Gasteiger partial charge in [-0.05, 0) is 12.8 Å². The first-order valence-corrected chi connectivity index (χ1v) is 7.86. The van der Waals surface area contributed by atoms with Crippen molar-refractivity contribution in [3.8, 4) is 0 Å². The van der Waals surface area contributed by atoms with Crippen LogP contribution in [-0.4, -0.2) is 34.2 Å². The Morgan fingerprint density at radius 1 is 1.71 bits per heavy atom. The standard InChI is InChI=1S/C12H17BrN2OS/c1-8(12-14-9(2)7-17-12)5-15-6-10(4-13)3-11(15)16/h7-8,10H,3-6H2,1-2H3. The predicted molar refractivity (Wildman–Crippen MR) is 73.7 cm³/mol. The summed E-state index contributed by atoms with van der Waals surface area (Å²) in [6, 6.07) is 0. The van der Waals surface area contributed by atoms with E-state index in [1.54, 1.807) is 11.3 Å². The van der Waals surface area contributed by atoms with Gasteiger partial charge in [0.25, 0.3) is 0 Å². The molecule has 0 radical (unpaired) electrons. The highest BCUT2D eigenvalue weighted by Crippen LogP contribution is 2.25. The van der Waals surface area contributed by atoms with Gasteiger partial charge in [-0.3, -0.25) is 4.79 Å². The number of carbonyl (C=O) groups is 1. The number of thiazole rings is 1. The van der Waals surface area contributed by atoms with E-state index in [4.69, 9.17) is 0 Å². The van der Waals surface area contributed by atoms with E-state index in [2.05, 4.69) is 33.2 Å². The molecule has 1 aromatic heterocycles. The summed E-state index contributed by atoms with van der Waals surface area (Å²) in [5.74, 6) is 1.11. The summed E-state index contributed by atoms with van der Waals surface area (Å²) in [5.41, 5.74) is 1.07. The Kier molecular flexibility index (Phi) is 4.20. The fraction of sp³-hybridized carbons (Fsp3) is 0.667. The van der Waals surface area contributed by atoms with Gasteiger partial charge in [-0.2, -0.15) is 0 Å². The van der Waals surface area contributed by atoms with Crippen molar-refractivity contribution in [2.45, 2.75) is 26.2 Å². The SMILES string of the molecule is Cc1csc(C(C)CN2CC(CBr)CC2=O)n1. The summed E-state index contributed by atoms with van der Waals surface area (Å²) < 4.78 is 0. The summed E-state index contributed by atoms with van der Waals surface area (Å²) in [7, 11) is 0. The Balaban J connectivity index is 1.95. The van der Waals surface area contributed by atoms with Crippen LogP contribution < -0.4 is 0 Å². The van der Waals surface area contributed by atoms with E-state index in [9.17, 15) is 4.79 Å². The summed E-state index contributed by atoms with van der Waals surface area (Å²) in [6.07, 6.45) is 0.689. The van der Waals surface area contributed by atoms with Gasteiger partial charge in [0.1, 0.15) is 0 Å². The van der Waals surface area contributed by atoms with Gasteiger partial charge in [-0.1, -0.05) is 22.9 Å². The highest BCUT2D eigenvalue weighted by atomic mass is 79.9. The zero-order valence-corrected chi connectivity index (χ0v) is 12.6. The molecule has 1 fully saturated rings. The van der Waals surface area contributed by atoms with Crippen molar-refractivity contribution in [2.24, 2.45) is 5.92 Å². The first-order chi connectivity index (χ1) is 8.10. The molecule has 0 spiro atoms. The lowest BCUT2D eigenvalue weighted by molar-refractivity contribution is -0.127. The van der Waals surface area contributed by atoms with Gasteiger partial charge in [0, 0.05) is 41.8 Å². The average molecular weight is 317 g/mol. The van der Waals surface area contributed by atoms with Crippen LogP contribution in [0.5, 0.6) is 0 Å². The van der Waals surface area contributed by atoms with Gasteiger partial charge in [0.05, 0.1) is 5.01 Å². The highest BCUT2D eigenvalue weighted by molar-refractivity contribution is 9.09. The number of halogens is 1. The first-order valence-electron chi connectivity index (χ1n) is 5.86. The minimum Gasteiger partial charge on any atom is -0.342 e. The monoisotopic (exact) mass is 316 g/mol. The van der Waals surface area contributed by atoms with Crippen LogP contribution in [0.15, 0.2) is 5.38 Å². The number of likely N-dealkylation sites (tertiary alicyclic amines) is 1. The minimum absolute atomic E-state index is 0.287. The molecule has 0 N–H and O–H groups in total. The number of nitrogens with zero attached hydrogens (tertiary/aromatic N) is 2. The number of rotatable bonds is 4. The normalized spacial score (nSPS) is 22.2. The van der Waals surface area contributed by atoms with Gasteiger partial charge >= 0.3 is 0 Å². The van der Waals surface area contributed by atoms with Gasteiger partial charge < -0.3 is 4.90 Å². The van der Waals surface area contributed by atoms with E-state index in [0.717, 1.165) is 29.1 Å². The Bertz CT molecular complexity index is 407. The first kappa shape index (κ1) is 13.0. The molecule has 2 rings (SSSR count). The van der Waals surface area contributed by atoms with Crippen LogP contribution in [0, 0.1) is 12.8 Å². The lowest BCUT2D eigenvalue weighted by atomic mass is 10.1. The Labute approximate surface area is 114 Å². The van der Waals surface area contributed by atoms with E-state index in [1.807, 2.05) is 11.8 Å². The predicted octanol–water partition coefficient (Wildman–Crippen LogP) is 2.80. The number of hydrogen-bond acceptors (Lipinski definition) is 3. The Morgan fingerprint density at radius 3 is 3.00 bits per heavy atom. The highest BCUT2D eigenvalue weighted by Gasteiger charge is 2.30. The maximum atomic E-state index is 11.8. The second-order valence-electron chi connectivity index (χ2n) is 4.75. The number of alkyl halides is 1. The Morgan fingerprint density at radius 2 is 2.47 bits per heavy atom. The molecule has 17 heavy (non-hydrogen) atoms. The minimum atomic E-state index is 0.287. The van der Waals surface area contributed by atoms with Crippen LogP contribution in [0.1, 0.15) is 30.0 Å². The molecule has 94 valence electrons. The summed E-state index contributed by atoms with van der Waals surface area (Å²) in [4.78, 5) is 18.3. The molecule has 0 aliphatic carbocycles. The third-order valence-corrected chi connectivity index (χ3v) is 5.18. The van der Waals surface area contributed by atoms with E-state index in [1.165, 1.54) is 0 Å². The summed E-state index contributed by atoms with van der Waals surface area (Å²) in [5, 5.41) is 4.12. The summed E-state index contributed by atoms with van der Waals surface area (Å²) >= 11 is 5.15. The fourth-order valence-electron chi connectivity index (χ4n) is 2.14. The largest absolute Gasteiger partial charge is 0.342 e. The van der Waals surface area contributed by atoms with Gasteiger partial charge in [-0.15, -0.1) is 11.3 Å². The molecule has 2 heterocycles. The lowest BCUT2D eigenvalue weighted by Gasteiger charge is -2.19. The number of carbonyl (C=O) groups excluding carboxylic acids is 1. The van der Waals surface area contributed by atoms with E-state index in [-0.39, 0.29) is 5.91 Å². The van der Waals surface area contributed by atoms with Crippen LogP contribution in [0.3, 0.4) is 0 Å². The molecule has 1 saturated heterocycles. The van der Waals surface area contributed by atoms with Crippen molar-refractivity contribution in [1.82, 2.24) is 9.88 Å². The third-order valence-electron chi connectivity index (χ3n) is 3.07. The molecule has 2 unspecified atom stereocenters. The smallest absolute Gasteiger partial charge is 0.222 e. The van der Waals surface area contributed by atoms with Crippen LogP contribution in [0.25, 0.3) is 0 Å². The third kappa shape index (κ3) is 3.07. The van der Waals surface area contributed by atoms with Crippen molar-refractivity contribution < 1.29 is 4.79 Å². The van der Waals surface area contributed by atoms with Crippen LogP contribution in [-0.2, 0) is 4.79 Å². The molecule has 1 amide bonds. The second-order valence-corrected chi connectivity index (χ2v) is 6.29. The lowest BCUT2D eigenvalue weighted by Crippen LogP contribution is -2.29. The molecule has 0 aromatic carbocycles. The van der Waals surface area contributed by atoms with Crippen molar-refractivity contribution in [3.63, 3.8) is 0 Å². The van der Waals surface area contributed by atoms with Crippen molar-refractivity contribution in [3.05, 3.63) is 16.1 Å². The molecule has 1 aliphatic heterocycles. The van der Waals surface area contributed by atoms with Crippen LogP contribution in [0.2, 0.25) is 0 Å². The van der Waals surface area contributed by atoms with Crippen molar-refractivity contribution >= 4 is 33.2 Å². The molecule has 0 saturated carbocycles. The number of aromatic nitrogens is 1. The van der Waals surface area contributed by atoms with E-state index >= 15 is 0 Å². The molecular weight excluding hydrogens is 300 g/mol. The molecule has 2 atom stereocenters. The number of aryl methyl sites for hydroxylation is 1. The summed E-state index contributed by atoms with van der Waals surface area (Å²) in [6.45, 7) is 5.84. The maximum Gasteiger partial charge on any atom is 0.222 e. The molecule has 1 aromatic rings. The quantitative estimate of drug-likeness (QED) is 0.800. The zero-order chi connectivity index (χ0) is 12.4. The van der Waals surface area contributed by atoms with Crippen LogP contribution >= 0.6 is 27.3 Å². The number of amides is 1. The average Bonchev–Trinajstić information content (AvgIpc) is 2.86. The van der Waals surface area contributed by atoms with Gasteiger partial charge in [0.2, 0.25) is 5.91 Å². The van der Waals surface area contributed by atoms with Crippen LogP contribution in [0.4, 0.5) is 0 Å². The van der Waals surface area contributed by atoms with E-state index < -0.39 is 0 Å². The molecule has 0 bridgehead atoms. The topological polar surface area (TPSA) is 33.2 Å². The molecule has 1 aliphatic rings. The van der Waals surface area contributed by atoms with Crippen molar-refractivity contribution in [2.75, 3.05) is 18.4 Å². The van der Waals surface area contributed by atoms with Crippen molar-refractivity contribution in [1.29, 1.82) is 0 Å². The van der Waals surface area contributed by atoms with Gasteiger partial charge in [-0.25, -0.2) is 4.98 Å². The van der Waals surface area contributed by atoms with E-state index in [0.29, 0.717) is 18.3 Å². The second kappa shape index (κ2) is 5.48. The fourth-order valence-corrected chi connectivity index (χ4v) is 3.42. The zero-order valence-electron chi connectivity index (χ0n) is 10.1.